The van der Waals surface area contributed by atoms with Crippen LogP contribution in [0.4, 0.5) is 15.8 Å². The first-order valence-electron chi connectivity index (χ1n) is 6.35. The average Bonchev–Trinajstić information content (AvgIpc) is 2.42. The number of para-hydroxylation sites is 1. The van der Waals surface area contributed by atoms with Gasteiger partial charge >= 0.3 is 0 Å². The van der Waals surface area contributed by atoms with Gasteiger partial charge in [-0.1, -0.05) is 18.2 Å². The maximum absolute atomic E-state index is 14.2. The Morgan fingerprint density at radius 2 is 1.71 bits per heavy atom. The van der Waals surface area contributed by atoms with E-state index in [9.17, 15) is 12.8 Å². The molecule has 0 aliphatic carbocycles. The second-order valence-corrected chi connectivity index (χ2v) is 6.85. The minimum Gasteiger partial charge on any atom is -0.399 e. The van der Waals surface area contributed by atoms with E-state index in [2.05, 4.69) is 0 Å². The number of aryl methyl sites for hydroxylation is 2. The van der Waals surface area contributed by atoms with Gasteiger partial charge in [-0.2, -0.15) is 0 Å². The topological polar surface area (TPSA) is 63.4 Å². The molecule has 0 saturated carbocycles. The Kier molecular flexibility index (Phi) is 3.91. The molecule has 4 nitrogen and oxygen atoms in total. The van der Waals surface area contributed by atoms with Crippen molar-refractivity contribution in [1.82, 2.24) is 0 Å². The summed E-state index contributed by atoms with van der Waals surface area (Å²) in [5, 5.41) is 0. The molecule has 2 aromatic rings. The fourth-order valence-corrected chi connectivity index (χ4v) is 3.58. The quantitative estimate of drug-likeness (QED) is 0.887. The van der Waals surface area contributed by atoms with Gasteiger partial charge in [0.05, 0.1) is 5.69 Å². The fourth-order valence-electron chi connectivity index (χ4n) is 2.15. The smallest absolute Gasteiger partial charge is 0.267 e. The summed E-state index contributed by atoms with van der Waals surface area (Å²) in [4.78, 5) is -0.411. The van der Waals surface area contributed by atoms with Crippen molar-refractivity contribution in [3.63, 3.8) is 0 Å². The van der Waals surface area contributed by atoms with E-state index >= 15 is 0 Å². The Balaban J connectivity index is 2.60. The first-order valence-corrected chi connectivity index (χ1v) is 7.79. The minimum atomic E-state index is -4.01. The summed E-state index contributed by atoms with van der Waals surface area (Å²) >= 11 is 0. The van der Waals surface area contributed by atoms with Crippen molar-refractivity contribution >= 4 is 21.4 Å². The largest absolute Gasteiger partial charge is 0.399 e. The molecule has 0 amide bonds. The highest BCUT2D eigenvalue weighted by Gasteiger charge is 2.27. The van der Waals surface area contributed by atoms with Gasteiger partial charge in [-0.05, 0) is 43.2 Å². The van der Waals surface area contributed by atoms with Crippen LogP contribution in [-0.2, 0) is 10.0 Å². The summed E-state index contributed by atoms with van der Waals surface area (Å²) in [7, 11) is -2.61. The van der Waals surface area contributed by atoms with Crippen LogP contribution in [0.3, 0.4) is 0 Å². The average molecular weight is 308 g/mol. The van der Waals surface area contributed by atoms with Crippen LogP contribution < -0.4 is 10.0 Å². The molecule has 0 aliphatic heterocycles. The van der Waals surface area contributed by atoms with E-state index < -0.39 is 20.7 Å². The van der Waals surface area contributed by atoms with E-state index in [-0.39, 0.29) is 11.3 Å². The van der Waals surface area contributed by atoms with Gasteiger partial charge in [0.25, 0.3) is 10.0 Å². The van der Waals surface area contributed by atoms with E-state index in [4.69, 9.17) is 5.73 Å². The van der Waals surface area contributed by atoms with E-state index in [0.29, 0.717) is 5.69 Å². The van der Waals surface area contributed by atoms with E-state index in [1.807, 2.05) is 6.07 Å². The summed E-state index contributed by atoms with van der Waals surface area (Å²) in [6.07, 6.45) is 0. The van der Waals surface area contributed by atoms with Gasteiger partial charge in [0.15, 0.2) is 0 Å². The molecule has 112 valence electrons. The third-order valence-electron chi connectivity index (χ3n) is 3.34. The van der Waals surface area contributed by atoms with Crippen molar-refractivity contribution in [3.05, 3.63) is 53.3 Å². The minimum absolute atomic E-state index is 0.201. The summed E-state index contributed by atoms with van der Waals surface area (Å²) < 4.78 is 40.5. The SMILES string of the molecule is Cc1ccccc1N(C)S(=O)(=O)c1cc(N)cc(C)c1F. The van der Waals surface area contributed by atoms with Crippen molar-refractivity contribution < 1.29 is 12.8 Å². The first kappa shape index (κ1) is 15.3. The molecule has 2 rings (SSSR count). The molecule has 0 spiro atoms. The van der Waals surface area contributed by atoms with Gasteiger partial charge in [-0.3, -0.25) is 4.31 Å². The molecule has 0 bridgehead atoms. The zero-order valence-corrected chi connectivity index (χ0v) is 12.9. The number of rotatable bonds is 3. The molecule has 2 N–H and O–H groups in total. The first-order chi connectivity index (χ1) is 9.75. The van der Waals surface area contributed by atoms with E-state index in [1.54, 1.807) is 25.1 Å². The Labute approximate surface area is 124 Å². The third-order valence-corrected chi connectivity index (χ3v) is 5.11. The molecule has 0 aliphatic rings. The van der Waals surface area contributed by atoms with Crippen LogP contribution in [0.2, 0.25) is 0 Å². The lowest BCUT2D eigenvalue weighted by Gasteiger charge is -2.22. The highest BCUT2D eigenvalue weighted by atomic mass is 32.2. The molecule has 0 fully saturated rings. The highest BCUT2D eigenvalue weighted by Crippen LogP contribution is 2.28. The molecular weight excluding hydrogens is 291 g/mol. The fraction of sp³-hybridized carbons (Fsp3) is 0.200. The molecule has 2 aromatic carbocycles. The molecule has 0 aromatic heterocycles. The Morgan fingerprint density at radius 3 is 2.33 bits per heavy atom. The predicted octanol–water partition coefficient (Wildman–Crippen LogP) is 2.85. The second kappa shape index (κ2) is 5.37. The summed E-state index contributed by atoms with van der Waals surface area (Å²) in [6, 6.07) is 9.56. The number of nitrogen functional groups attached to an aromatic ring is 1. The van der Waals surface area contributed by atoms with Gasteiger partial charge in [0.1, 0.15) is 10.7 Å². The molecule has 0 atom stereocenters. The number of nitrogens with two attached hydrogens (primary N) is 1. The van der Waals surface area contributed by atoms with Crippen LogP contribution in [0.25, 0.3) is 0 Å². The number of nitrogens with zero attached hydrogens (tertiary/aromatic N) is 1. The van der Waals surface area contributed by atoms with Crippen molar-refractivity contribution in [1.29, 1.82) is 0 Å². The Morgan fingerprint density at radius 1 is 1.10 bits per heavy atom. The molecule has 0 heterocycles. The van der Waals surface area contributed by atoms with Crippen LogP contribution in [0.1, 0.15) is 11.1 Å². The van der Waals surface area contributed by atoms with Crippen LogP contribution >= 0.6 is 0 Å². The van der Waals surface area contributed by atoms with Gasteiger partial charge in [0.2, 0.25) is 0 Å². The number of halogens is 1. The zero-order valence-electron chi connectivity index (χ0n) is 12.1. The number of sulfonamides is 1. The lowest BCUT2D eigenvalue weighted by molar-refractivity contribution is 0.561. The Bertz CT molecular complexity index is 788. The Hall–Kier alpha value is -2.08. The van der Waals surface area contributed by atoms with E-state index in [1.165, 1.54) is 20.0 Å². The number of anilines is 2. The monoisotopic (exact) mass is 308 g/mol. The predicted molar refractivity (Wildman–Crippen MR) is 82.3 cm³/mol. The van der Waals surface area contributed by atoms with Gasteiger partial charge in [-0.15, -0.1) is 0 Å². The molecular formula is C15H17FN2O2S. The standard InChI is InChI=1S/C15H17FN2O2S/c1-10-6-4-5-7-13(10)18(3)21(19,20)14-9-12(17)8-11(2)15(14)16/h4-9H,17H2,1-3H3. The summed E-state index contributed by atoms with van der Waals surface area (Å²) in [5.41, 5.74) is 7.34. The van der Waals surface area contributed by atoms with Crippen molar-refractivity contribution in [2.24, 2.45) is 0 Å². The molecule has 0 saturated heterocycles. The molecule has 6 heteroatoms. The molecule has 0 unspecified atom stereocenters. The number of hydrogen-bond acceptors (Lipinski definition) is 3. The van der Waals surface area contributed by atoms with Crippen LogP contribution in [-0.4, -0.2) is 15.5 Å². The lowest BCUT2D eigenvalue weighted by atomic mass is 10.2. The van der Waals surface area contributed by atoms with Crippen LogP contribution in [0.5, 0.6) is 0 Å². The zero-order chi connectivity index (χ0) is 15.8. The van der Waals surface area contributed by atoms with E-state index in [0.717, 1.165) is 15.9 Å². The van der Waals surface area contributed by atoms with Crippen molar-refractivity contribution in [2.45, 2.75) is 18.7 Å². The molecule has 21 heavy (non-hydrogen) atoms. The number of benzene rings is 2. The number of hydrogen-bond donors (Lipinski definition) is 1. The maximum Gasteiger partial charge on any atom is 0.267 e. The van der Waals surface area contributed by atoms with Crippen LogP contribution in [0.15, 0.2) is 41.3 Å². The van der Waals surface area contributed by atoms with Gasteiger partial charge in [0, 0.05) is 12.7 Å². The highest BCUT2D eigenvalue weighted by molar-refractivity contribution is 7.92. The summed E-state index contributed by atoms with van der Waals surface area (Å²) in [6.45, 7) is 3.28. The molecule has 0 radical (unpaired) electrons. The second-order valence-electron chi connectivity index (χ2n) is 4.91. The normalized spacial score (nSPS) is 11.4. The van der Waals surface area contributed by atoms with Crippen LogP contribution in [0, 0.1) is 19.7 Å². The third kappa shape index (κ3) is 2.71. The maximum atomic E-state index is 14.2. The summed E-state index contributed by atoms with van der Waals surface area (Å²) in [5.74, 6) is -0.773. The van der Waals surface area contributed by atoms with Crippen molar-refractivity contribution in [3.8, 4) is 0 Å². The van der Waals surface area contributed by atoms with Gasteiger partial charge < -0.3 is 5.73 Å². The van der Waals surface area contributed by atoms with Crippen molar-refractivity contribution in [2.75, 3.05) is 17.1 Å². The van der Waals surface area contributed by atoms with Gasteiger partial charge in [-0.25, -0.2) is 12.8 Å². The lowest BCUT2D eigenvalue weighted by Crippen LogP contribution is -2.28.